The van der Waals surface area contributed by atoms with Gasteiger partial charge in [0.25, 0.3) is 5.91 Å². The quantitative estimate of drug-likeness (QED) is 0.742. The Morgan fingerprint density at radius 3 is 2.70 bits per heavy atom. The Balaban J connectivity index is 1.52. The molecule has 1 aliphatic rings. The molecule has 0 atom stereocenters. The first-order chi connectivity index (χ1) is 13.0. The summed E-state index contributed by atoms with van der Waals surface area (Å²) >= 11 is 0. The smallest absolute Gasteiger partial charge is 0.319 e. The monoisotopic (exact) mass is 378 g/mol. The molecule has 1 aromatic heterocycles. The van der Waals surface area contributed by atoms with Gasteiger partial charge < -0.3 is 14.5 Å². The van der Waals surface area contributed by atoms with Crippen LogP contribution in [0.5, 0.6) is 5.75 Å². The van der Waals surface area contributed by atoms with Gasteiger partial charge in [-0.25, -0.2) is 4.98 Å². The number of hydrogen-bond acceptors (Lipinski definition) is 4. The molecule has 0 saturated carbocycles. The lowest BCUT2D eigenvalue weighted by Gasteiger charge is -2.18. The van der Waals surface area contributed by atoms with Crippen LogP contribution >= 0.6 is 0 Å². The molecular weight excluding hydrogens is 358 g/mol. The van der Waals surface area contributed by atoms with E-state index in [0.29, 0.717) is 23.3 Å². The number of nitrogens with zero attached hydrogens (tertiary/aromatic N) is 4. The summed E-state index contributed by atoms with van der Waals surface area (Å²) in [7, 11) is 1.50. The van der Waals surface area contributed by atoms with Crippen LogP contribution in [-0.2, 0) is 16.1 Å². The first-order valence-electron chi connectivity index (χ1n) is 8.53. The lowest BCUT2D eigenvalue weighted by atomic mass is 10.3. The Kier molecular flexibility index (Phi) is 5.68. The van der Waals surface area contributed by atoms with Crippen LogP contribution in [0.25, 0.3) is 0 Å². The molecule has 9 heteroatoms. The van der Waals surface area contributed by atoms with Gasteiger partial charge in [-0.3, -0.25) is 14.2 Å². The highest BCUT2D eigenvalue weighted by molar-refractivity contribution is 5.95. The molecule has 0 N–H and O–H groups in total. The molecule has 1 saturated heterocycles. The predicted octanol–water partition coefficient (Wildman–Crippen LogP) is 2.44. The Morgan fingerprint density at radius 2 is 2.07 bits per heavy atom. The van der Waals surface area contributed by atoms with Gasteiger partial charge in [0.05, 0.1) is 6.54 Å². The summed E-state index contributed by atoms with van der Waals surface area (Å²) in [5, 5.41) is 0. The summed E-state index contributed by atoms with van der Waals surface area (Å²) in [4.78, 5) is 30.7. The summed E-state index contributed by atoms with van der Waals surface area (Å²) in [5.74, 6) is 0.321. The molecule has 2 amide bonds. The van der Waals surface area contributed by atoms with Crippen molar-refractivity contribution in [2.75, 3.05) is 25.1 Å². The zero-order valence-electron chi connectivity index (χ0n) is 14.8. The second kappa shape index (κ2) is 8.15. The van der Waals surface area contributed by atoms with E-state index in [-0.39, 0.29) is 30.8 Å². The van der Waals surface area contributed by atoms with E-state index in [1.807, 2.05) is 0 Å². The van der Waals surface area contributed by atoms with E-state index >= 15 is 0 Å². The number of carbonyl (C=O) groups excluding carboxylic acids is 2. The number of carbonyl (C=O) groups is 2. The second-order valence-electron chi connectivity index (χ2n) is 6.21. The SMILES string of the molecule is CN(Cc1nccn1C(F)F)C(=O)COc1ccc(N2CCCC2=O)cc1. The molecule has 1 aliphatic heterocycles. The highest BCUT2D eigenvalue weighted by Crippen LogP contribution is 2.24. The fourth-order valence-electron chi connectivity index (χ4n) is 2.84. The zero-order valence-corrected chi connectivity index (χ0v) is 14.8. The van der Waals surface area contributed by atoms with E-state index in [2.05, 4.69) is 4.98 Å². The molecule has 0 spiro atoms. The van der Waals surface area contributed by atoms with Crippen molar-refractivity contribution in [3.05, 3.63) is 42.5 Å². The normalized spacial score (nSPS) is 14.1. The van der Waals surface area contributed by atoms with E-state index in [9.17, 15) is 18.4 Å². The van der Waals surface area contributed by atoms with Crippen LogP contribution in [0, 0.1) is 0 Å². The average molecular weight is 378 g/mol. The van der Waals surface area contributed by atoms with Crippen LogP contribution in [0.15, 0.2) is 36.7 Å². The fourth-order valence-corrected chi connectivity index (χ4v) is 2.84. The summed E-state index contributed by atoms with van der Waals surface area (Å²) < 4.78 is 31.8. The fraction of sp³-hybridized carbons (Fsp3) is 0.389. The van der Waals surface area contributed by atoms with Gasteiger partial charge >= 0.3 is 6.55 Å². The number of anilines is 1. The van der Waals surface area contributed by atoms with E-state index in [4.69, 9.17) is 4.74 Å². The third-order valence-electron chi connectivity index (χ3n) is 4.35. The van der Waals surface area contributed by atoms with Crippen molar-refractivity contribution in [1.29, 1.82) is 0 Å². The number of ether oxygens (including phenoxy) is 1. The predicted molar refractivity (Wildman–Crippen MR) is 93.5 cm³/mol. The summed E-state index contributed by atoms with van der Waals surface area (Å²) in [5.41, 5.74) is 0.798. The molecule has 2 heterocycles. The molecule has 27 heavy (non-hydrogen) atoms. The minimum atomic E-state index is -2.71. The van der Waals surface area contributed by atoms with Crippen molar-refractivity contribution in [3.8, 4) is 5.75 Å². The lowest BCUT2D eigenvalue weighted by molar-refractivity contribution is -0.132. The number of aromatic nitrogens is 2. The van der Waals surface area contributed by atoms with Gasteiger partial charge in [0.1, 0.15) is 11.6 Å². The molecule has 3 rings (SSSR count). The highest BCUT2D eigenvalue weighted by atomic mass is 19.3. The molecule has 144 valence electrons. The molecule has 0 aliphatic carbocycles. The summed E-state index contributed by atoms with van der Waals surface area (Å²) in [6, 6.07) is 6.92. The largest absolute Gasteiger partial charge is 0.484 e. The third-order valence-corrected chi connectivity index (χ3v) is 4.35. The van der Waals surface area contributed by atoms with Crippen molar-refractivity contribution in [1.82, 2.24) is 14.5 Å². The number of hydrogen-bond donors (Lipinski definition) is 0. The van der Waals surface area contributed by atoms with E-state index in [1.54, 1.807) is 29.2 Å². The Morgan fingerprint density at radius 1 is 1.33 bits per heavy atom. The summed E-state index contributed by atoms with van der Waals surface area (Å²) in [6.45, 7) is -2.27. The highest BCUT2D eigenvalue weighted by Gasteiger charge is 2.21. The van der Waals surface area contributed by atoms with Crippen LogP contribution in [-0.4, -0.2) is 46.5 Å². The van der Waals surface area contributed by atoms with Crippen LogP contribution in [0.2, 0.25) is 0 Å². The van der Waals surface area contributed by atoms with Crippen LogP contribution in [0.4, 0.5) is 14.5 Å². The van der Waals surface area contributed by atoms with Gasteiger partial charge in [-0.1, -0.05) is 0 Å². The molecule has 1 fully saturated rings. The van der Waals surface area contributed by atoms with Crippen LogP contribution in [0.3, 0.4) is 0 Å². The van der Waals surface area contributed by atoms with Gasteiger partial charge in [-0.05, 0) is 30.7 Å². The Hall–Kier alpha value is -2.97. The van der Waals surface area contributed by atoms with Gasteiger partial charge in [-0.15, -0.1) is 0 Å². The number of alkyl halides is 2. The molecule has 1 aromatic carbocycles. The van der Waals surface area contributed by atoms with Crippen molar-refractivity contribution >= 4 is 17.5 Å². The second-order valence-corrected chi connectivity index (χ2v) is 6.21. The van der Waals surface area contributed by atoms with Gasteiger partial charge in [0.15, 0.2) is 6.61 Å². The summed E-state index contributed by atoms with van der Waals surface area (Å²) in [6.07, 6.45) is 3.84. The molecule has 0 bridgehead atoms. The maximum atomic E-state index is 12.8. The maximum Gasteiger partial charge on any atom is 0.319 e. The van der Waals surface area contributed by atoms with Crippen LogP contribution in [0.1, 0.15) is 25.2 Å². The van der Waals surface area contributed by atoms with Crippen molar-refractivity contribution in [2.24, 2.45) is 0 Å². The zero-order chi connectivity index (χ0) is 19.4. The topological polar surface area (TPSA) is 67.7 Å². The lowest BCUT2D eigenvalue weighted by Crippen LogP contribution is -2.32. The molecule has 2 aromatic rings. The molecule has 0 unspecified atom stereocenters. The third kappa shape index (κ3) is 4.42. The standard InChI is InChI=1S/C18H20F2N4O3/c1-22(11-15-21-8-10-24(15)18(19)20)17(26)12-27-14-6-4-13(5-7-14)23-9-2-3-16(23)25/h4-8,10,18H,2-3,9,11-12H2,1H3. The van der Waals surface area contributed by atoms with Crippen molar-refractivity contribution in [3.63, 3.8) is 0 Å². The average Bonchev–Trinajstić information content (AvgIpc) is 3.29. The number of imidazole rings is 1. The Bertz CT molecular complexity index is 807. The van der Waals surface area contributed by atoms with Crippen LogP contribution < -0.4 is 9.64 Å². The first-order valence-corrected chi connectivity index (χ1v) is 8.53. The minimum absolute atomic E-state index is 0.0461. The maximum absolute atomic E-state index is 12.8. The number of likely N-dealkylation sites (N-methyl/N-ethyl adjacent to an activating group) is 1. The number of benzene rings is 1. The van der Waals surface area contributed by atoms with Gasteiger partial charge in [-0.2, -0.15) is 8.78 Å². The van der Waals surface area contributed by atoms with E-state index in [0.717, 1.165) is 12.1 Å². The van der Waals surface area contributed by atoms with Gasteiger partial charge in [0, 0.05) is 38.1 Å². The van der Waals surface area contributed by atoms with Crippen molar-refractivity contribution in [2.45, 2.75) is 25.9 Å². The number of rotatable bonds is 7. The van der Waals surface area contributed by atoms with Gasteiger partial charge in [0.2, 0.25) is 5.91 Å². The van der Waals surface area contributed by atoms with E-state index < -0.39 is 6.55 Å². The molecule has 0 radical (unpaired) electrons. The van der Waals surface area contributed by atoms with Crippen molar-refractivity contribution < 1.29 is 23.1 Å². The number of halogens is 2. The minimum Gasteiger partial charge on any atom is -0.484 e. The first kappa shape index (κ1) is 18.8. The molecular formula is C18H20F2N4O3. The Labute approximate surface area is 155 Å². The number of amides is 2. The molecule has 7 nitrogen and oxygen atoms in total. The van der Waals surface area contributed by atoms with E-state index in [1.165, 1.54) is 24.3 Å².